The van der Waals surface area contributed by atoms with Crippen molar-refractivity contribution in [3.8, 4) is 0 Å². The highest BCUT2D eigenvalue weighted by molar-refractivity contribution is 5.92. The summed E-state index contributed by atoms with van der Waals surface area (Å²) in [5.74, 6) is -8.42. The summed E-state index contributed by atoms with van der Waals surface area (Å²) in [6.45, 7) is 12.6. The first-order chi connectivity index (χ1) is 48.6. The molecule has 532 valence electrons. The van der Waals surface area contributed by atoms with E-state index in [1.165, 1.54) is 107 Å². The van der Waals surface area contributed by atoms with Gasteiger partial charge >= 0.3 is 53.7 Å². The van der Waals surface area contributed by atoms with Crippen LogP contribution in [0, 0.1) is 0 Å². The second kappa shape index (κ2) is 34.4. The van der Waals surface area contributed by atoms with E-state index >= 15 is 4.79 Å². The largest absolute Gasteiger partial charge is 0.454 e. The van der Waals surface area contributed by atoms with E-state index in [9.17, 15) is 38.4 Å². The summed E-state index contributed by atoms with van der Waals surface area (Å²) in [7, 11) is 0. The number of carbonyl (C=O) groups excluding carboxylic acids is 9. The molecule has 101 heavy (non-hydrogen) atoms. The zero-order valence-corrected chi connectivity index (χ0v) is 56.0. The highest BCUT2D eigenvalue weighted by Gasteiger charge is 2.61. The fourth-order valence-corrected chi connectivity index (χ4v) is 11.9. The van der Waals surface area contributed by atoms with Gasteiger partial charge in [0.25, 0.3) is 0 Å². The van der Waals surface area contributed by atoms with Gasteiger partial charge in [-0.1, -0.05) is 115 Å². The maximum Gasteiger partial charge on any atom is 0.338 e. The zero-order valence-electron chi connectivity index (χ0n) is 56.0. The Morgan fingerprint density at radius 3 is 0.812 bits per heavy atom. The number of benzene rings is 6. The Morgan fingerprint density at radius 1 is 0.287 bits per heavy atom. The summed E-state index contributed by atoms with van der Waals surface area (Å²) in [6, 6.07) is 46.8. The Labute approximate surface area is 581 Å². The summed E-state index contributed by atoms with van der Waals surface area (Å²) in [5, 5.41) is 0. The quantitative estimate of drug-likeness (QED) is 0.0311. The Hall–Kier alpha value is -10.0. The number of esters is 9. The minimum atomic E-state index is -2.07. The smallest absolute Gasteiger partial charge is 0.338 e. The Kier molecular flexibility index (Phi) is 25.1. The van der Waals surface area contributed by atoms with Crippen LogP contribution in [0.4, 0.5) is 0 Å². The van der Waals surface area contributed by atoms with Gasteiger partial charge in [0.05, 0.1) is 64.4 Å². The van der Waals surface area contributed by atoms with Gasteiger partial charge in [0, 0.05) is 20.8 Å². The van der Waals surface area contributed by atoms with Crippen molar-refractivity contribution >= 4 is 53.7 Å². The number of carbonyl (C=O) groups is 9. The Morgan fingerprint density at radius 2 is 0.515 bits per heavy atom. The second-order valence-corrected chi connectivity index (χ2v) is 23.9. The zero-order chi connectivity index (χ0) is 71.9. The van der Waals surface area contributed by atoms with Crippen molar-refractivity contribution in [3.63, 3.8) is 0 Å². The van der Waals surface area contributed by atoms with E-state index in [0.717, 1.165) is 20.8 Å². The summed E-state index contributed by atoms with van der Waals surface area (Å²) < 4.78 is 109. The van der Waals surface area contributed by atoms with Gasteiger partial charge < -0.3 is 80.5 Å². The molecule has 4 heterocycles. The summed E-state index contributed by atoms with van der Waals surface area (Å²) in [5.41, 5.74) is 0.347. The monoisotopic (exact) mass is 1390 g/mol. The van der Waals surface area contributed by atoms with Crippen molar-refractivity contribution in [2.75, 3.05) is 6.61 Å². The van der Waals surface area contributed by atoms with Gasteiger partial charge in [-0.3, -0.25) is 14.4 Å². The first-order valence-electron chi connectivity index (χ1n) is 32.5. The third kappa shape index (κ3) is 18.5. The molecule has 4 aliphatic rings. The Bertz CT molecular complexity index is 3810. The highest BCUT2D eigenvalue weighted by atomic mass is 16.8. The van der Waals surface area contributed by atoms with E-state index in [-0.39, 0.29) is 40.0 Å². The minimum Gasteiger partial charge on any atom is -0.454 e. The number of hydrogen-bond acceptors (Lipinski definition) is 26. The Balaban J connectivity index is 1.12. The van der Waals surface area contributed by atoms with Crippen molar-refractivity contribution in [3.05, 3.63) is 228 Å². The van der Waals surface area contributed by atoms with Crippen LogP contribution in [0.25, 0.3) is 0 Å². The van der Waals surface area contributed by atoms with Crippen LogP contribution in [0.3, 0.4) is 0 Å². The lowest BCUT2D eigenvalue weighted by molar-refractivity contribution is -0.390. The van der Waals surface area contributed by atoms with Crippen LogP contribution in [0.5, 0.6) is 0 Å². The average Bonchev–Trinajstić information content (AvgIpc) is 0.761. The van der Waals surface area contributed by atoms with E-state index < -0.39 is 177 Å². The van der Waals surface area contributed by atoms with E-state index in [4.69, 9.17) is 80.5 Å². The van der Waals surface area contributed by atoms with Crippen LogP contribution in [-0.4, -0.2) is 183 Å². The van der Waals surface area contributed by atoms with Crippen LogP contribution in [0.1, 0.15) is 111 Å². The molecule has 6 aromatic carbocycles. The van der Waals surface area contributed by atoms with E-state index in [2.05, 4.69) is 6.58 Å². The standard InChI is InChI=1S/C75H76O26/c1-9-40-85-58-54(93-66(79)48-28-16-10-17-29-48)41(2)87-73(62(58)97-70(83)52-36-24-14-25-37-52)99-60-56(95-68(81)50-32-20-12-21-33-50)44(5)89-75(64(60)98-71(84)53-38-26-15-27-39-53)101-65-61(57(43(4)86-72(65)92-47(8)78)96-69(82)51-34-22-13-23-35-51)100-74-63(91-46(7)77)59(90-45(6)76)55(42(3)88-74)94-67(80)49-30-18-11-19-31-49/h9-39,41-44,54-65,72-75H,1,40H2,2-8H3/t41-,42-,43-,44-,54-,55?,56-,57-,58+,59?,60+,61+,62+,63?,64+,65+,72-,73-,74?,75-/m1/s1. The molecule has 26 heteroatoms. The fraction of sp³-hybridized carbons (Fsp3) is 0.373. The molecule has 4 fully saturated rings. The summed E-state index contributed by atoms with van der Waals surface area (Å²) in [6.07, 6.45) is -32.5. The predicted molar refractivity (Wildman–Crippen MR) is 349 cm³/mol. The van der Waals surface area contributed by atoms with Crippen LogP contribution >= 0.6 is 0 Å². The van der Waals surface area contributed by atoms with E-state index in [0.29, 0.717) is 0 Å². The van der Waals surface area contributed by atoms with E-state index in [1.807, 2.05) is 0 Å². The maximum absolute atomic E-state index is 15.0. The molecule has 0 aromatic heterocycles. The van der Waals surface area contributed by atoms with Crippen molar-refractivity contribution in [1.82, 2.24) is 0 Å². The van der Waals surface area contributed by atoms with Gasteiger partial charge in [0.1, 0.15) is 18.3 Å². The molecule has 0 N–H and O–H groups in total. The minimum absolute atomic E-state index is 0.0366. The van der Waals surface area contributed by atoms with Crippen LogP contribution in [-0.2, 0) is 94.9 Å². The first kappa shape index (κ1) is 73.7. The molecular weight excluding hydrogens is 1320 g/mol. The molecule has 4 saturated heterocycles. The maximum atomic E-state index is 15.0. The number of hydrogen-bond donors (Lipinski definition) is 0. The third-order valence-electron chi connectivity index (χ3n) is 16.6. The summed E-state index contributed by atoms with van der Waals surface area (Å²) in [4.78, 5) is 127. The molecule has 0 radical (unpaired) electrons. The van der Waals surface area contributed by atoms with Gasteiger partial charge in [0.15, 0.2) is 73.8 Å². The van der Waals surface area contributed by atoms with Gasteiger partial charge in [-0.15, -0.1) is 6.58 Å². The van der Waals surface area contributed by atoms with Crippen LogP contribution in [0.15, 0.2) is 195 Å². The van der Waals surface area contributed by atoms with Gasteiger partial charge in [0.2, 0.25) is 6.29 Å². The lowest BCUT2D eigenvalue weighted by atomic mass is 9.95. The molecule has 0 amide bonds. The molecule has 0 aliphatic carbocycles. The molecular formula is C75H76O26. The van der Waals surface area contributed by atoms with Crippen molar-refractivity contribution in [2.45, 2.75) is 171 Å². The van der Waals surface area contributed by atoms with Gasteiger partial charge in [-0.05, 0) is 100 Å². The van der Waals surface area contributed by atoms with Crippen molar-refractivity contribution in [1.29, 1.82) is 0 Å². The predicted octanol–water partition coefficient (Wildman–Crippen LogP) is 8.47. The molecule has 20 atom stereocenters. The third-order valence-corrected chi connectivity index (χ3v) is 16.6. The van der Waals surface area contributed by atoms with Gasteiger partial charge in [-0.2, -0.15) is 0 Å². The highest BCUT2D eigenvalue weighted by Crippen LogP contribution is 2.41. The van der Waals surface area contributed by atoms with Crippen LogP contribution in [0.2, 0.25) is 0 Å². The van der Waals surface area contributed by atoms with Crippen molar-refractivity contribution < 1.29 is 124 Å². The molecule has 6 aromatic rings. The SMILES string of the molecule is C=CCO[C@@H]1[C@H](OC(=O)c2ccccc2)[C@@H](O[C@@H]2[C@H](OC(=O)c3ccccc3)[C@@H](O[C@@H]3[C@@H](OC(C)=O)O[C@H](C)[C@@H](OC(=O)c4ccccc4)[C@@H]3OC3O[C@H](C)C(OC(=O)c4ccccc4)C(OC(C)=O)C3OC(C)=O)O[C@H](C)[C@H]2OC(=O)c2ccccc2)O[C@H](C)[C@H]1OC(=O)c1ccccc1. The topological polar surface area (TPSA) is 311 Å². The molecule has 4 unspecified atom stereocenters. The fourth-order valence-electron chi connectivity index (χ4n) is 11.9. The lowest BCUT2D eigenvalue weighted by Gasteiger charge is -2.51. The number of rotatable bonds is 24. The molecule has 26 nitrogen and oxygen atoms in total. The molecule has 0 saturated carbocycles. The molecule has 0 bridgehead atoms. The average molecular weight is 1390 g/mol. The molecule has 0 spiro atoms. The number of ether oxygens (including phenoxy) is 17. The van der Waals surface area contributed by atoms with Crippen molar-refractivity contribution in [2.24, 2.45) is 0 Å². The normalized spacial score (nSPS) is 29.2. The molecule has 4 aliphatic heterocycles. The molecule has 10 rings (SSSR count). The lowest BCUT2D eigenvalue weighted by Crippen LogP contribution is -2.68. The van der Waals surface area contributed by atoms with E-state index in [1.54, 1.807) is 109 Å². The van der Waals surface area contributed by atoms with Gasteiger partial charge in [-0.25, -0.2) is 28.8 Å². The first-order valence-corrected chi connectivity index (χ1v) is 32.5. The summed E-state index contributed by atoms with van der Waals surface area (Å²) >= 11 is 0. The van der Waals surface area contributed by atoms with Crippen LogP contribution < -0.4 is 0 Å². The second-order valence-electron chi connectivity index (χ2n) is 23.9.